The van der Waals surface area contributed by atoms with Gasteiger partial charge >= 0.3 is 0 Å². The van der Waals surface area contributed by atoms with E-state index in [-0.39, 0.29) is 10.6 Å². The van der Waals surface area contributed by atoms with Crippen LogP contribution in [0.4, 0.5) is 5.69 Å². The number of aryl methyl sites for hydroxylation is 1. The van der Waals surface area contributed by atoms with Crippen molar-refractivity contribution in [2.75, 3.05) is 19.8 Å². The molecule has 0 aliphatic carbocycles. The van der Waals surface area contributed by atoms with E-state index in [1.807, 2.05) is 20.8 Å². The molecule has 1 saturated heterocycles. The normalized spacial score (nSPS) is 18.6. The molecule has 0 bridgehead atoms. The lowest BCUT2D eigenvalue weighted by atomic mass is 9.93. The minimum absolute atomic E-state index is 0.206. The lowest BCUT2D eigenvalue weighted by molar-refractivity contribution is -0.385. The van der Waals surface area contributed by atoms with Gasteiger partial charge in [-0.15, -0.1) is 0 Å². The molecule has 0 N–H and O–H groups in total. The maximum atomic E-state index is 10.9. The number of non-ortho nitro benzene ring substituents is 1. The molecule has 5 heteroatoms. The van der Waals surface area contributed by atoms with Gasteiger partial charge in [0.15, 0.2) is 0 Å². The Hall–Kier alpha value is -1.46. The highest BCUT2D eigenvalue weighted by Gasteiger charge is 2.30. The first-order valence-electron chi connectivity index (χ1n) is 7.24. The number of hydrogen-bond donors (Lipinski definition) is 0. The van der Waals surface area contributed by atoms with Gasteiger partial charge in [0.1, 0.15) is 0 Å². The molecule has 1 aromatic rings. The fraction of sp³-hybridized carbons (Fsp3) is 0.600. The Morgan fingerprint density at radius 2 is 2.05 bits per heavy atom. The Kier molecular flexibility index (Phi) is 4.73. The molecule has 20 heavy (non-hydrogen) atoms. The van der Waals surface area contributed by atoms with Crippen molar-refractivity contribution >= 4 is 5.69 Å². The van der Waals surface area contributed by atoms with Crippen molar-refractivity contribution in [3.8, 4) is 0 Å². The third-order valence-corrected chi connectivity index (χ3v) is 3.92. The lowest BCUT2D eigenvalue weighted by Crippen LogP contribution is -2.50. The highest BCUT2D eigenvalue weighted by atomic mass is 16.6. The molecule has 0 unspecified atom stereocenters. The van der Waals surface area contributed by atoms with Gasteiger partial charge in [0, 0.05) is 25.2 Å². The Morgan fingerprint density at radius 1 is 1.35 bits per heavy atom. The van der Waals surface area contributed by atoms with Crippen LogP contribution in [-0.4, -0.2) is 35.6 Å². The number of fused-ring (bicyclic) bond motifs is 1. The van der Waals surface area contributed by atoms with Gasteiger partial charge in [-0.05, 0) is 30.0 Å². The Labute approximate surface area is 119 Å². The van der Waals surface area contributed by atoms with Crippen LogP contribution in [0.15, 0.2) is 12.1 Å². The van der Waals surface area contributed by atoms with Crippen LogP contribution < -0.4 is 0 Å². The van der Waals surface area contributed by atoms with Gasteiger partial charge in [0.05, 0.1) is 24.2 Å². The zero-order valence-electron chi connectivity index (χ0n) is 12.4. The summed E-state index contributed by atoms with van der Waals surface area (Å²) in [5.41, 5.74) is 3.65. The second kappa shape index (κ2) is 6.33. The molecule has 2 aliphatic rings. The molecule has 2 heterocycles. The number of nitro groups is 1. The second-order valence-corrected chi connectivity index (χ2v) is 5.07. The van der Waals surface area contributed by atoms with Crippen LogP contribution in [0.5, 0.6) is 0 Å². The van der Waals surface area contributed by atoms with E-state index in [1.165, 1.54) is 5.56 Å². The number of benzene rings is 1. The van der Waals surface area contributed by atoms with Crippen molar-refractivity contribution in [2.45, 2.75) is 39.8 Å². The zero-order valence-corrected chi connectivity index (χ0v) is 12.4. The van der Waals surface area contributed by atoms with Crippen molar-refractivity contribution in [3.05, 3.63) is 38.9 Å². The van der Waals surface area contributed by atoms with Crippen molar-refractivity contribution < 1.29 is 9.66 Å². The first-order valence-corrected chi connectivity index (χ1v) is 7.24. The Balaban J connectivity index is 0.000000704. The fourth-order valence-electron chi connectivity index (χ4n) is 2.77. The molecule has 1 aromatic carbocycles. The van der Waals surface area contributed by atoms with Crippen LogP contribution in [-0.2, 0) is 17.7 Å². The van der Waals surface area contributed by atoms with E-state index in [4.69, 9.17) is 4.74 Å². The van der Waals surface area contributed by atoms with Crippen molar-refractivity contribution in [1.82, 2.24) is 4.90 Å². The third-order valence-electron chi connectivity index (χ3n) is 3.92. The molecule has 2 aliphatic heterocycles. The van der Waals surface area contributed by atoms with Gasteiger partial charge in [0.2, 0.25) is 0 Å². The molecule has 0 radical (unpaired) electrons. The van der Waals surface area contributed by atoms with Crippen LogP contribution in [0.3, 0.4) is 0 Å². The number of rotatable bonds is 2. The van der Waals surface area contributed by atoms with E-state index in [2.05, 4.69) is 4.90 Å². The van der Waals surface area contributed by atoms with Gasteiger partial charge in [-0.2, -0.15) is 0 Å². The molecule has 3 rings (SSSR count). The summed E-state index contributed by atoms with van der Waals surface area (Å²) in [4.78, 5) is 13.0. The first kappa shape index (κ1) is 14.9. The van der Waals surface area contributed by atoms with Crippen LogP contribution in [0.2, 0.25) is 0 Å². The molecule has 0 spiro atoms. The van der Waals surface area contributed by atoms with E-state index >= 15 is 0 Å². The molecule has 0 amide bonds. The minimum Gasteiger partial charge on any atom is -0.378 e. The smallest absolute Gasteiger partial charge is 0.270 e. The standard InChI is InChI=1S/C13H16N2O3.C2H6/c1-9-4-11(15(16)17)5-10-6-14(3-2-13(9)10)12-7-18-8-12;1-2/h4-5,12H,2-3,6-8H2,1H3;1-2H3. The average Bonchev–Trinajstić information content (AvgIpc) is 2.38. The van der Waals surface area contributed by atoms with Crippen LogP contribution in [0.1, 0.15) is 30.5 Å². The van der Waals surface area contributed by atoms with E-state index < -0.39 is 0 Å². The largest absolute Gasteiger partial charge is 0.378 e. The van der Waals surface area contributed by atoms with Gasteiger partial charge in [-0.1, -0.05) is 13.8 Å². The summed E-state index contributed by atoms with van der Waals surface area (Å²) in [7, 11) is 0. The summed E-state index contributed by atoms with van der Waals surface area (Å²) < 4.78 is 5.21. The summed E-state index contributed by atoms with van der Waals surface area (Å²) >= 11 is 0. The van der Waals surface area contributed by atoms with E-state index in [0.717, 1.165) is 43.9 Å². The van der Waals surface area contributed by atoms with E-state index in [0.29, 0.717) is 6.04 Å². The number of ether oxygens (including phenoxy) is 1. The molecular formula is C15H22N2O3. The van der Waals surface area contributed by atoms with Crippen molar-refractivity contribution in [2.24, 2.45) is 0 Å². The summed E-state index contributed by atoms with van der Waals surface area (Å²) in [6.07, 6.45) is 0.982. The van der Waals surface area contributed by atoms with Gasteiger partial charge in [-0.25, -0.2) is 0 Å². The summed E-state index contributed by atoms with van der Waals surface area (Å²) in [6, 6.07) is 3.91. The second-order valence-electron chi connectivity index (χ2n) is 5.07. The monoisotopic (exact) mass is 278 g/mol. The number of hydrogen-bond acceptors (Lipinski definition) is 4. The van der Waals surface area contributed by atoms with E-state index in [1.54, 1.807) is 12.1 Å². The highest BCUT2D eigenvalue weighted by molar-refractivity contribution is 5.46. The Bertz CT molecular complexity index is 498. The number of nitro benzene ring substituents is 1. The first-order chi connectivity index (χ1) is 9.65. The van der Waals surface area contributed by atoms with Gasteiger partial charge < -0.3 is 4.74 Å². The van der Waals surface area contributed by atoms with Gasteiger partial charge in [-0.3, -0.25) is 15.0 Å². The topological polar surface area (TPSA) is 55.6 Å². The fourth-order valence-corrected chi connectivity index (χ4v) is 2.77. The number of nitrogens with zero attached hydrogens (tertiary/aromatic N) is 2. The predicted octanol–water partition coefficient (Wildman–Crippen LogP) is 2.69. The third kappa shape index (κ3) is 2.83. The Morgan fingerprint density at radius 3 is 2.60 bits per heavy atom. The molecule has 110 valence electrons. The molecular weight excluding hydrogens is 256 g/mol. The quantitative estimate of drug-likeness (QED) is 0.616. The molecule has 0 atom stereocenters. The highest BCUT2D eigenvalue weighted by Crippen LogP contribution is 2.29. The maximum absolute atomic E-state index is 10.9. The average molecular weight is 278 g/mol. The van der Waals surface area contributed by atoms with Crippen LogP contribution in [0.25, 0.3) is 0 Å². The van der Waals surface area contributed by atoms with Crippen LogP contribution >= 0.6 is 0 Å². The molecule has 0 aromatic heterocycles. The van der Waals surface area contributed by atoms with Crippen molar-refractivity contribution in [1.29, 1.82) is 0 Å². The van der Waals surface area contributed by atoms with Crippen LogP contribution in [0, 0.1) is 17.0 Å². The zero-order chi connectivity index (χ0) is 14.7. The minimum atomic E-state index is -0.307. The molecule has 0 saturated carbocycles. The van der Waals surface area contributed by atoms with Crippen molar-refractivity contribution in [3.63, 3.8) is 0 Å². The lowest BCUT2D eigenvalue weighted by Gasteiger charge is -2.40. The van der Waals surface area contributed by atoms with E-state index in [9.17, 15) is 10.1 Å². The summed E-state index contributed by atoms with van der Waals surface area (Å²) in [6.45, 7) is 9.39. The SMILES string of the molecule is CC.Cc1cc([N+](=O)[O-])cc2c1CCN(C1COC1)C2. The molecule has 1 fully saturated rings. The summed E-state index contributed by atoms with van der Waals surface area (Å²) in [5, 5.41) is 10.9. The van der Waals surface area contributed by atoms with Gasteiger partial charge in [0.25, 0.3) is 5.69 Å². The molecule has 5 nitrogen and oxygen atoms in total. The predicted molar refractivity (Wildman–Crippen MR) is 77.9 cm³/mol. The summed E-state index contributed by atoms with van der Waals surface area (Å²) in [5.74, 6) is 0. The maximum Gasteiger partial charge on any atom is 0.270 e.